The highest BCUT2D eigenvalue weighted by atomic mass is 31.2. The number of H-pyrrole nitrogens is 1. The highest BCUT2D eigenvalue weighted by Gasteiger charge is 2.32. The van der Waals surface area contributed by atoms with Gasteiger partial charge >= 0.3 is 11.9 Å². The Morgan fingerprint density at radius 3 is 2.19 bits per heavy atom. The molecule has 0 aromatic carbocycles. The van der Waals surface area contributed by atoms with Gasteiger partial charge in [0.05, 0.1) is 26.1 Å². The number of aromatic nitrogens is 4. The summed E-state index contributed by atoms with van der Waals surface area (Å²) in [6.07, 6.45) is 4.25. The minimum absolute atomic E-state index is 0.0438. The number of nitrogens with zero attached hydrogens (tertiary/aromatic N) is 3. The second-order valence-corrected chi connectivity index (χ2v) is 10.8. The number of imidazole rings is 1. The third-order valence-corrected chi connectivity index (χ3v) is 7.39. The summed E-state index contributed by atoms with van der Waals surface area (Å²) in [7, 11) is -3.63. The maximum atomic E-state index is 13.7. The molecule has 14 nitrogen and oxygen atoms in total. The number of nitrogens with one attached hydrogen (secondary N) is 3. The second kappa shape index (κ2) is 14.8. The van der Waals surface area contributed by atoms with Crippen molar-refractivity contribution >= 4 is 36.5 Å². The van der Waals surface area contributed by atoms with Crippen LogP contribution in [-0.2, 0) is 34.9 Å². The Morgan fingerprint density at radius 1 is 1.08 bits per heavy atom. The van der Waals surface area contributed by atoms with Crippen LogP contribution in [0.1, 0.15) is 53.4 Å². The molecule has 2 rings (SSSR count). The number of unbranched alkanes of at least 4 members (excludes halogenated alkanes) is 2. The van der Waals surface area contributed by atoms with E-state index in [0.717, 1.165) is 12.8 Å². The number of hydrogen-bond donors (Lipinski definition) is 4. The molecule has 0 saturated heterocycles. The van der Waals surface area contributed by atoms with Gasteiger partial charge in [0.25, 0.3) is 5.56 Å². The van der Waals surface area contributed by atoms with Crippen molar-refractivity contribution in [1.82, 2.24) is 29.7 Å². The second-order valence-electron chi connectivity index (χ2n) is 8.58. The Balaban J connectivity index is 2.04. The SMILES string of the molecule is CCCCOC(=O)C(C)NP(=O)(COCCn1cnc2c(=O)[nH]c(N)nc21)NC(C)C(=O)OCCCC. The molecule has 37 heavy (non-hydrogen) atoms. The van der Waals surface area contributed by atoms with E-state index in [4.69, 9.17) is 19.9 Å². The lowest BCUT2D eigenvalue weighted by Gasteiger charge is -2.26. The number of carbonyl (C=O) groups excluding carboxylic acids is 2. The number of carbonyl (C=O) groups is 2. The van der Waals surface area contributed by atoms with Gasteiger partial charge in [-0.25, -0.2) is 15.2 Å². The Kier molecular flexibility index (Phi) is 12.2. The average molecular weight is 544 g/mol. The smallest absolute Gasteiger partial charge is 0.323 e. The summed E-state index contributed by atoms with van der Waals surface area (Å²) in [5.74, 6) is -1.17. The standard InChI is InChI=1S/C22H38N7O7P/c1-5-7-10-35-20(31)15(3)27-37(33,28-16(4)21(32)36-11-8-6-2)14-34-12-9-29-13-24-17-18(29)25-22(23)26-19(17)30/h13,15-16H,5-12,14H2,1-4H3,(H2,27,28,33)(H3,23,25,26,30). The molecule has 0 radical (unpaired) electrons. The van der Waals surface area contributed by atoms with Gasteiger partial charge in [0.2, 0.25) is 13.4 Å². The number of fused-ring (bicyclic) bond motifs is 1. The van der Waals surface area contributed by atoms with Crippen molar-refractivity contribution in [3.63, 3.8) is 0 Å². The first-order valence-corrected chi connectivity index (χ1v) is 14.3. The Hall–Kier alpha value is -2.80. The first kappa shape index (κ1) is 30.4. The van der Waals surface area contributed by atoms with Crippen molar-refractivity contribution in [2.45, 2.75) is 72.0 Å². The molecule has 2 unspecified atom stereocenters. The lowest BCUT2D eigenvalue weighted by molar-refractivity contribution is -0.145. The molecule has 0 saturated carbocycles. The van der Waals surface area contributed by atoms with E-state index in [-0.39, 0.29) is 49.8 Å². The molecule has 0 aliphatic rings. The number of nitrogens with two attached hydrogens (primary N) is 1. The minimum Gasteiger partial charge on any atom is -0.465 e. The van der Waals surface area contributed by atoms with Gasteiger partial charge < -0.3 is 24.5 Å². The molecular weight excluding hydrogens is 505 g/mol. The lowest BCUT2D eigenvalue weighted by Crippen LogP contribution is -2.43. The van der Waals surface area contributed by atoms with Gasteiger partial charge in [0.15, 0.2) is 11.2 Å². The number of rotatable bonds is 17. The van der Waals surface area contributed by atoms with Gasteiger partial charge in [-0.1, -0.05) is 26.7 Å². The van der Waals surface area contributed by atoms with E-state index in [0.29, 0.717) is 12.8 Å². The van der Waals surface area contributed by atoms with Gasteiger partial charge in [-0.05, 0) is 26.7 Å². The molecule has 2 atom stereocenters. The Labute approximate surface area is 215 Å². The van der Waals surface area contributed by atoms with Crippen LogP contribution in [0, 0.1) is 0 Å². The largest absolute Gasteiger partial charge is 0.465 e. The van der Waals surface area contributed by atoms with Crippen LogP contribution in [0.2, 0.25) is 0 Å². The third-order valence-electron chi connectivity index (χ3n) is 5.24. The van der Waals surface area contributed by atoms with E-state index in [9.17, 15) is 18.9 Å². The molecule has 0 spiro atoms. The molecule has 5 N–H and O–H groups in total. The predicted octanol–water partition coefficient (Wildman–Crippen LogP) is 1.51. The maximum absolute atomic E-state index is 13.7. The van der Waals surface area contributed by atoms with Crippen molar-refractivity contribution in [3.05, 3.63) is 16.7 Å². The first-order chi connectivity index (χ1) is 17.6. The van der Waals surface area contributed by atoms with Crippen LogP contribution in [-0.4, -0.2) is 69.7 Å². The zero-order chi connectivity index (χ0) is 27.4. The molecule has 0 fully saturated rings. The summed E-state index contributed by atoms with van der Waals surface area (Å²) < 4.78 is 31.4. The fraction of sp³-hybridized carbons (Fsp3) is 0.682. The summed E-state index contributed by atoms with van der Waals surface area (Å²) in [6, 6.07) is -1.84. The maximum Gasteiger partial charge on any atom is 0.323 e. The van der Waals surface area contributed by atoms with Gasteiger partial charge in [0.1, 0.15) is 18.4 Å². The van der Waals surface area contributed by atoms with Crippen LogP contribution >= 0.6 is 7.44 Å². The van der Waals surface area contributed by atoms with Crippen molar-refractivity contribution in [2.75, 3.05) is 31.9 Å². The number of ether oxygens (including phenoxy) is 3. The first-order valence-electron chi connectivity index (χ1n) is 12.4. The normalized spacial score (nSPS) is 14.7. The van der Waals surface area contributed by atoms with Gasteiger partial charge in [-0.15, -0.1) is 0 Å². The van der Waals surface area contributed by atoms with Crippen molar-refractivity contribution in [3.8, 4) is 0 Å². The van der Waals surface area contributed by atoms with Crippen LogP contribution < -0.4 is 21.5 Å². The summed E-state index contributed by atoms with van der Waals surface area (Å²) in [4.78, 5) is 47.1. The van der Waals surface area contributed by atoms with Gasteiger partial charge in [-0.2, -0.15) is 4.98 Å². The average Bonchev–Trinajstić information content (AvgIpc) is 3.24. The zero-order valence-electron chi connectivity index (χ0n) is 21.8. The van der Waals surface area contributed by atoms with Gasteiger partial charge in [0, 0.05) is 6.54 Å². The van der Waals surface area contributed by atoms with E-state index < -0.39 is 37.0 Å². The number of hydrogen-bond acceptors (Lipinski definition) is 10. The van der Waals surface area contributed by atoms with Crippen LogP contribution in [0.4, 0.5) is 5.95 Å². The van der Waals surface area contributed by atoms with Crippen LogP contribution in [0.15, 0.2) is 11.1 Å². The molecule has 15 heteroatoms. The molecule has 0 bridgehead atoms. The summed E-state index contributed by atoms with van der Waals surface area (Å²) in [6.45, 7) is 7.82. The number of esters is 2. The van der Waals surface area contributed by atoms with E-state index in [1.54, 1.807) is 4.57 Å². The topological polar surface area (TPSA) is 193 Å². The highest BCUT2D eigenvalue weighted by Crippen LogP contribution is 2.37. The quantitative estimate of drug-likeness (QED) is 0.128. The summed E-state index contributed by atoms with van der Waals surface area (Å²) in [5, 5.41) is 5.51. The molecular formula is C22H38N7O7P. The highest BCUT2D eigenvalue weighted by molar-refractivity contribution is 7.59. The number of aromatic amines is 1. The van der Waals surface area contributed by atoms with Crippen molar-refractivity contribution in [2.24, 2.45) is 0 Å². The van der Waals surface area contributed by atoms with Crippen LogP contribution in [0.3, 0.4) is 0 Å². The lowest BCUT2D eigenvalue weighted by atomic mass is 10.3. The van der Waals surface area contributed by atoms with E-state index in [1.165, 1.54) is 20.2 Å². The predicted molar refractivity (Wildman–Crippen MR) is 138 cm³/mol. The Bertz CT molecular complexity index is 1100. The monoisotopic (exact) mass is 543 g/mol. The molecule has 208 valence electrons. The van der Waals surface area contributed by atoms with E-state index in [2.05, 4.69) is 25.1 Å². The zero-order valence-corrected chi connectivity index (χ0v) is 22.7. The fourth-order valence-electron chi connectivity index (χ4n) is 3.22. The van der Waals surface area contributed by atoms with Crippen LogP contribution in [0.5, 0.6) is 0 Å². The fourth-order valence-corrected chi connectivity index (χ4v) is 5.29. The summed E-state index contributed by atoms with van der Waals surface area (Å²) in [5.41, 5.74) is 5.58. The molecule has 2 heterocycles. The molecule has 0 aliphatic carbocycles. The van der Waals surface area contributed by atoms with Gasteiger partial charge in [-0.3, -0.25) is 23.9 Å². The third kappa shape index (κ3) is 9.54. The summed E-state index contributed by atoms with van der Waals surface area (Å²) >= 11 is 0. The van der Waals surface area contributed by atoms with Crippen molar-refractivity contribution in [1.29, 1.82) is 0 Å². The minimum atomic E-state index is -3.63. The van der Waals surface area contributed by atoms with Crippen molar-refractivity contribution < 1.29 is 28.4 Å². The number of anilines is 1. The molecule has 2 aromatic heterocycles. The van der Waals surface area contributed by atoms with E-state index >= 15 is 0 Å². The van der Waals surface area contributed by atoms with Crippen LogP contribution in [0.25, 0.3) is 11.2 Å². The molecule has 2 aromatic rings. The number of nitrogen functional groups attached to an aromatic ring is 1. The van der Waals surface area contributed by atoms with E-state index in [1.807, 2.05) is 13.8 Å². The molecule has 0 amide bonds. The molecule has 0 aliphatic heterocycles. The Morgan fingerprint density at radius 2 is 1.65 bits per heavy atom.